The third kappa shape index (κ3) is 4.16. The average Bonchev–Trinajstić information content (AvgIpc) is 2.80. The molecule has 31 heavy (non-hydrogen) atoms. The second-order valence-electron chi connectivity index (χ2n) is 7.00. The van der Waals surface area contributed by atoms with Crippen molar-refractivity contribution < 1.29 is 9.59 Å². The highest BCUT2D eigenvalue weighted by atomic mass is 16.2. The predicted octanol–water partition coefficient (Wildman–Crippen LogP) is 2.89. The molecule has 1 heterocycles. The maximum atomic E-state index is 12.8. The van der Waals surface area contributed by atoms with Gasteiger partial charge in [0.25, 0.3) is 0 Å². The second kappa shape index (κ2) is 8.56. The lowest BCUT2D eigenvalue weighted by Crippen LogP contribution is -2.35. The molecule has 0 fully saturated rings. The number of nitrogens with one attached hydrogen (secondary N) is 2. The number of hydrogen-bond donors (Lipinski definition) is 2. The standard InChI is InChI=1S/C25H19N3O3/c1-2-17-8-7-9-18(14-17)27-23(29)15-26-24(30)16-28-21-12-5-3-10-19(21)25(31)20-11-4-6-13-22(20)28/h1,3-14H,15-16H2,(H,26,30)(H,27,29). The molecule has 0 bridgehead atoms. The summed E-state index contributed by atoms with van der Waals surface area (Å²) in [5, 5.41) is 6.42. The second-order valence-corrected chi connectivity index (χ2v) is 7.00. The highest BCUT2D eigenvalue weighted by Crippen LogP contribution is 2.19. The summed E-state index contributed by atoms with van der Waals surface area (Å²) in [6, 6.07) is 21.2. The summed E-state index contributed by atoms with van der Waals surface area (Å²) in [6.07, 6.45) is 5.37. The number of nitrogens with zero attached hydrogens (tertiary/aromatic N) is 1. The Bertz CT molecular complexity index is 1350. The van der Waals surface area contributed by atoms with Gasteiger partial charge in [-0.2, -0.15) is 0 Å². The van der Waals surface area contributed by atoms with Crippen LogP contribution in [-0.4, -0.2) is 22.9 Å². The number of hydrogen-bond acceptors (Lipinski definition) is 3. The van der Waals surface area contributed by atoms with Crippen LogP contribution in [0.5, 0.6) is 0 Å². The van der Waals surface area contributed by atoms with Crippen LogP contribution < -0.4 is 16.1 Å². The average molecular weight is 409 g/mol. The zero-order valence-electron chi connectivity index (χ0n) is 16.6. The van der Waals surface area contributed by atoms with Gasteiger partial charge >= 0.3 is 0 Å². The fraction of sp³-hybridized carbons (Fsp3) is 0.0800. The number of carbonyl (C=O) groups is 2. The fourth-order valence-electron chi connectivity index (χ4n) is 3.52. The van der Waals surface area contributed by atoms with E-state index in [4.69, 9.17) is 6.42 Å². The molecule has 2 amide bonds. The summed E-state index contributed by atoms with van der Waals surface area (Å²) in [5.41, 5.74) is 2.47. The first kappa shape index (κ1) is 19.9. The van der Waals surface area contributed by atoms with Crippen LogP contribution in [0.3, 0.4) is 0 Å². The number of anilines is 1. The van der Waals surface area contributed by atoms with Gasteiger partial charge in [0, 0.05) is 22.0 Å². The molecule has 0 atom stereocenters. The minimum absolute atomic E-state index is 0.0266. The van der Waals surface area contributed by atoms with Crippen LogP contribution in [-0.2, 0) is 16.1 Å². The van der Waals surface area contributed by atoms with Gasteiger partial charge < -0.3 is 15.2 Å². The van der Waals surface area contributed by atoms with Crippen molar-refractivity contribution >= 4 is 39.3 Å². The van der Waals surface area contributed by atoms with Gasteiger partial charge in [0.1, 0.15) is 6.54 Å². The Balaban J connectivity index is 1.52. The quantitative estimate of drug-likeness (QED) is 0.393. The van der Waals surface area contributed by atoms with Crippen LogP contribution in [0.4, 0.5) is 5.69 Å². The van der Waals surface area contributed by atoms with Crippen molar-refractivity contribution in [2.45, 2.75) is 6.54 Å². The summed E-state index contributed by atoms with van der Waals surface area (Å²) in [7, 11) is 0. The van der Waals surface area contributed by atoms with Crippen LogP contribution in [0.2, 0.25) is 0 Å². The summed E-state index contributed by atoms with van der Waals surface area (Å²) in [6.45, 7) is -0.212. The lowest BCUT2D eigenvalue weighted by atomic mass is 10.1. The van der Waals surface area contributed by atoms with Crippen molar-refractivity contribution in [3.8, 4) is 12.3 Å². The molecule has 0 saturated carbocycles. The van der Waals surface area contributed by atoms with E-state index < -0.39 is 0 Å². The van der Waals surface area contributed by atoms with Crippen molar-refractivity contribution in [3.63, 3.8) is 0 Å². The predicted molar refractivity (Wildman–Crippen MR) is 122 cm³/mol. The van der Waals surface area contributed by atoms with Gasteiger partial charge in [-0.3, -0.25) is 14.4 Å². The minimum atomic E-state index is -0.364. The van der Waals surface area contributed by atoms with E-state index in [0.717, 1.165) is 0 Å². The molecule has 0 spiro atoms. The van der Waals surface area contributed by atoms with E-state index in [1.807, 2.05) is 24.3 Å². The first-order chi connectivity index (χ1) is 15.1. The summed E-state index contributed by atoms with van der Waals surface area (Å²) in [5.74, 6) is 1.80. The maximum Gasteiger partial charge on any atom is 0.243 e. The normalized spacial score (nSPS) is 10.5. The molecule has 152 valence electrons. The molecule has 4 aromatic rings. The number of para-hydroxylation sites is 2. The van der Waals surface area contributed by atoms with Gasteiger partial charge in [-0.25, -0.2) is 0 Å². The van der Waals surface area contributed by atoms with Gasteiger partial charge in [-0.15, -0.1) is 6.42 Å². The van der Waals surface area contributed by atoms with Crippen LogP contribution in [0, 0.1) is 12.3 Å². The Kier molecular flexibility index (Phi) is 5.50. The van der Waals surface area contributed by atoms with E-state index in [9.17, 15) is 14.4 Å². The molecular weight excluding hydrogens is 390 g/mol. The Morgan fingerprint density at radius 3 is 2.16 bits per heavy atom. The number of aromatic nitrogens is 1. The molecular formula is C25H19N3O3. The van der Waals surface area contributed by atoms with Gasteiger partial charge in [0.15, 0.2) is 5.43 Å². The number of amides is 2. The first-order valence-corrected chi connectivity index (χ1v) is 9.70. The number of carbonyl (C=O) groups excluding carboxylic acids is 2. The molecule has 4 rings (SSSR count). The van der Waals surface area contributed by atoms with Crippen molar-refractivity contribution in [2.24, 2.45) is 0 Å². The number of fused-ring (bicyclic) bond motifs is 2. The van der Waals surface area contributed by atoms with Crippen molar-refractivity contribution in [1.82, 2.24) is 9.88 Å². The van der Waals surface area contributed by atoms with Crippen molar-refractivity contribution in [1.29, 1.82) is 0 Å². The number of benzene rings is 3. The molecule has 1 aromatic heterocycles. The van der Waals surface area contributed by atoms with Gasteiger partial charge in [0.05, 0.1) is 17.6 Å². The maximum absolute atomic E-state index is 12.8. The number of terminal acetylenes is 1. The highest BCUT2D eigenvalue weighted by molar-refractivity contribution is 5.96. The van der Waals surface area contributed by atoms with E-state index in [1.54, 1.807) is 53.1 Å². The van der Waals surface area contributed by atoms with Crippen LogP contribution in [0.25, 0.3) is 21.8 Å². The Morgan fingerprint density at radius 1 is 0.871 bits per heavy atom. The zero-order chi connectivity index (χ0) is 21.8. The van der Waals surface area contributed by atoms with Gasteiger partial charge in [-0.1, -0.05) is 36.3 Å². The smallest absolute Gasteiger partial charge is 0.243 e. The van der Waals surface area contributed by atoms with E-state index >= 15 is 0 Å². The molecule has 0 aliphatic carbocycles. The SMILES string of the molecule is C#Cc1cccc(NC(=O)CNC(=O)Cn2c3ccccc3c(=O)c3ccccc32)c1. The highest BCUT2D eigenvalue weighted by Gasteiger charge is 2.13. The van der Waals surface area contributed by atoms with Gasteiger partial charge in [-0.05, 0) is 42.5 Å². The van der Waals surface area contributed by atoms with E-state index in [2.05, 4.69) is 16.6 Å². The van der Waals surface area contributed by atoms with Crippen LogP contribution in [0.1, 0.15) is 5.56 Å². The Labute approximate surface area is 178 Å². The Hall–Kier alpha value is -4.37. The largest absolute Gasteiger partial charge is 0.345 e. The van der Waals surface area contributed by atoms with Crippen molar-refractivity contribution in [2.75, 3.05) is 11.9 Å². The van der Waals surface area contributed by atoms with Crippen LogP contribution >= 0.6 is 0 Å². The topological polar surface area (TPSA) is 80.2 Å². The number of rotatable bonds is 5. The molecule has 6 nitrogen and oxygen atoms in total. The fourth-order valence-corrected chi connectivity index (χ4v) is 3.52. The Morgan fingerprint density at radius 2 is 1.52 bits per heavy atom. The lowest BCUT2D eigenvalue weighted by Gasteiger charge is -2.15. The third-order valence-electron chi connectivity index (χ3n) is 4.94. The molecule has 0 radical (unpaired) electrons. The molecule has 0 aliphatic rings. The minimum Gasteiger partial charge on any atom is -0.345 e. The molecule has 0 saturated heterocycles. The summed E-state index contributed by atoms with van der Waals surface area (Å²) >= 11 is 0. The lowest BCUT2D eigenvalue weighted by molar-refractivity contribution is -0.124. The molecule has 6 heteroatoms. The first-order valence-electron chi connectivity index (χ1n) is 9.70. The number of pyridine rings is 1. The monoisotopic (exact) mass is 409 g/mol. The van der Waals surface area contributed by atoms with E-state index in [1.165, 1.54) is 0 Å². The van der Waals surface area contributed by atoms with E-state index in [-0.39, 0.29) is 30.3 Å². The molecule has 0 aliphatic heterocycles. The molecule has 3 aromatic carbocycles. The van der Waals surface area contributed by atoms with Crippen LogP contribution in [0.15, 0.2) is 77.6 Å². The van der Waals surface area contributed by atoms with Crippen molar-refractivity contribution in [3.05, 3.63) is 88.6 Å². The molecule has 0 unspecified atom stereocenters. The van der Waals surface area contributed by atoms with Gasteiger partial charge in [0.2, 0.25) is 11.8 Å². The molecule has 2 N–H and O–H groups in total. The summed E-state index contributed by atoms with van der Waals surface area (Å²) < 4.78 is 1.79. The summed E-state index contributed by atoms with van der Waals surface area (Å²) in [4.78, 5) is 37.6. The zero-order valence-corrected chi connectivity index (χ0v) is 16.6. The third-order valence-corrected chi connectivity index (χ3v) is 4.94. The van der Waals surface area contributed by atoms with E-state index in [0.29, 0.717) is 33.1 Å².